The van der Waals surface area contributed by atoms with Gasteiger partial charge in [-0.05, 0) is 35.9 Å². The van der Waals surface area contributed by atoms with Crippen LogP contribution in [-0.2, 0) is 0 Å². The van der Waals surface area contributed by atoms with E-state index in [0.29, 0.717) is 28.6 Å². The highest BCUT2D eigenvalue weighted by Crippen LogP contribution is 2.35. The third-order valence-corrected chi connectivity index (χ3v) is 3.55. The number of carbonyl (C=O) groups is 1. The van der Waals surface area contributed by atoms with Crippen LogP contribution in [0, 0.1) is 0 Å². The number of allylic oxidation sites excluding steroid dienone is 1. The zero-order chi connectivity index (χ0) is 16.4. The molecule has 0 fully saturated rings. The predicted molar refractivity (Wildman–Crippen MR) is 85.5 cm³/mol. The van der Waals surface area contributed by atoms with Crippen molar-refractivity contribution >= 4 is 11.9 Å². The van der Waals surface area contributed by atoms with Crippen LogP contribution < -0.4 is 18.9 Å². The molecule has 0 radical (unpaired) electrons. The van der Waals surface area contributed by atoms with E-state index in [0.717, 1.165) is 5.56 Å². The fourth-order valence-electron chi connectivity index (χ4n) is 2.36. The van der Waals surface area contributed by atoms with Crippen LogP contribution in [0.2, 0.25) is 0 Å². The summed E-state index contributed by atoms with van der Waals surface area (Å²) < 4.78 is 21.3. The maximum Gasteiger partial charge on any atom is 0.231 e. The second-order valence-corrected chi connectivity index (χ2v) is 4.95. The molecule has 2 aromatic rings. The van der Waals surface area contributed by atoms with Crippen molar-refractivity contribution < 1.29 is 23.7 Å². The minimum absolute atomic E-state index is 0.163. The van der Waals surface area contributed by atoms with Gasteiger partial charge < -0.3 is 18.9 Å². The molecule has 0 unspecified atom stereocenters. The van der Waals surface area contributed by atoms with Crippen molar-refractivity contribution in [1.82, 2.24) is 0 Å². The Kier molecular flexibility index (Phi) is 3.93. The van der Waals surface area contributed by atoms with Gasteiger partial charge in [0, 0.05) is 12.1 Å². The smallest absolute Gasteiger partial charge is 0.231 e. The van der Waals surface area contributed by atoms with Crippen molar-refractivity contribution in [2.24, 2.45) is 0 Å². The Morgan fingerprint density at radius 3 is 2.13 bits per heavy atom. The van der Waals surface area contributed by atoms with E-state index in [1.807, 2.05) is 0 Å². The molecule has 0 bridgehead atoms. The van der Waals surface area contributed by atoms with Gasteiger partial charge in [-0.1, -0.05) is 0 Å². The monoisotopic (exact) mass is 312 g/mol. The Hall–Kier alpha value is -2.95. The molecular weight excluding hydrogens is 296 g/mol. The van der Waals surface area contributed by atoms with Crippen LogP contribution in [0.15, 0.2) is 42.2 Å². The molecule has 118 valence electrons. The molecule has 0 amide bonds. The molecule has 0 saturated heterocycles. The zero-order valence-electron chi connectivity index (χ0n) is 13.1. The Morgan fingerprint density at radius 1 is 0.870 bits per heavy atom. The van der Waals surface area contributed by atoms with E-state index in [4.69, 9.17) is 18.9 Å². The van der Waals surface area contributed by atoms with Gasteiger partial charge in [-0.2, -0.15) is 0 Å². The first kappa shape index (κ1) is 15.0. The van der Waals surface area contributed by atoms with Gasteiger partial charge in [-0.25, -0.2) is 0 Å². The van der Waals surface area contributed by atoms with Crippen molar-refractivity contribution in [3.63, 3.8) is 0 Å². The average molecular weight is 312 g/mol. The Balaban J connectivity index is 1.97. The number of rotatable bonds is 4. The summed E-state index contributed by atoms with van der Waals surface area (Å²) in [6.45, 7) is 0. The number of fused-ring (bicyclic) bond motifs is 1. The molecule has 5 nitrogen and oxygen atoms in total. The molecule has 1 heterocycles. The van der Waals surface area contributed by atoms with Crippen LogP contribution in [0.25, 0.3) is 6.08 Å². The fraction of sp³-hybridized carbons (Fsp3) is 0.167. The second kappa shape index (κ2) is 6.04. The zero-order valence-corrected chi connectivity index (χ0v) is 13.1. The maximum atomic E-state index is 12.4. The lowest BCUT2D eigenvalue weighted by Gasteiger charge is -2.06. The number of carbonyl (C=O) groups excluding carboxylic acids is 1. The van der Waals surface area contributed by atoms with E-state index in [1.54, 1.807) is 63.8 Å². The summed E-state index contributed by atoms with van der Waals surface area (Å²) in [4.78, 5) is 12.4. The summed E-state index contributed by atoms with van der Waals surface area (Å²) in [6, 6.07) is 10.5. The lowest BCUT2D eigenvalue weighted by molar-refractivity contribution is 0.101. The normalized spacial score (nSPS) is 14.4. The Bertz CT molecular complexity index is 770. The quantitative estimate of drug-likeness (QED) is 0.811. The molecule has 5 heteroatoms. The second-order valence-electron chi connectivity index (χ2n) is 4.95. The van der Waals surface area contributed by atoms with Crippen LogP contribution in [0.5, 0.6) is 23.0 Å². The van der Waals surface area contributed by atoms with Gasteiger partial charge in [0.15, 0.2) is 5.76 Å². The van der Waals surface area contributed by atoms with Crippen molar-refractivity contribution in [3.8, 4) is 23.0 Å². The molecule has 0 aromatic heterocycles. The van der Waals surface area contributed by atoms with Gasteiger partial charge in [0.1, 0.15) is 23.0 Å². The van der Waals surface area contributed by atoms with Crippen molar-refractivity contribution in [2.75, 3.05) is 21.3 Å². The first-order valence-corrected chi connectivity index (χ1v) is 7.00. The highest BCUT2D eigenvalue weighted by atomic mass is 16.5. The van der Waals surface area contributed by atoms with Crippen LogP contribution in [0.4, 0.5) is 0 Å². The number of methoxy groups -OCH3 is 3. The molecular formula is C18H16O5. The summed E-state index contributed by atoms with van der Waals surface area (Å²) in [5.74, 6) is 2.51. The van der Waals surface area contributed by atoms with Gasteiger partial charge in [-0.15, -0.1) is 0 Å². The van der Waals surface area contributed by atoms with Crippen LogP contribution in [0.1, 0.15) is 15.9 Å². The summed E-state index contributed by atoms with van der Waals surface area (Å²) >= 11 is 0. The number of ether oxygens (including phenoxy) is 4. The Labute approximate surface area is 134 Å². The van der Waals surface area contributed by atoms with E-state index in [2.05, 4.69) is 0 Å². The van der Waals surface area contributed by atoms with E-state index < -0.39 is 0 Å². The minimum atomic E-state index is -0.163. The molecule has 1 aliphatic rings. The van der Waals surface area contributed by atoms with E-state index in [9.17, 15) is 4.79 Å². The highest BCUT2D eigenvalue weighted by molar-refractivity contribution is 6.14. The minimum Gasteiger partial charge on any atom is -0.497 e. The van der Waals surface area contributed by atoms with Gasteiger partial charge in [0.25, 0.3) is 0 Å². The SMILES string of the molecule is COc1cc(C=C2Oc3cc(OC)ccc3C2=O)cc(OC)c1. The first-order valence-electron chi connectivity index (χ1n) is 7.00. The molecule has 0 N–H and O–H groups in total. The van der Waals surface area contributed by atoms with Crippen molar-refractivity contribution in [1.29, 1.82) is 0 Å². The number of ketones is 1. The first-order chi connectivity index (χ1) is 11.1. The molecule has 0 atom stereocenters. The van der Waals surface area contributed by atoms with E-state index in [1.165, 1.54) is 0 Å². The summed E-state index contributed by atoms with van der Waals surface area (Å²) in [6.07, 6.45) is 1.67. The number of hydrogen-bond donors (Lipinski definition) is 0. The van der Waals surface area contributed by atoms with Gasteiger partial charge in [0.2, 0.25) is 5.78 Å². The largest absolute Gasteiger partial charge is 0.497 e. The molecule has 0 spiro atoms. The van der Waals surface area contributed by atoms with Gasteiger partial charge in [-0.3, -0.25) is 4.79 Å². The molecule has 0 aliphatic carbocycles. The van der Waals surface area contributed by atoms with Crippen LogP contribution >= 0.6 is 0 Å². The third kappa shape index (κ3) is 2.85. The Morgan fingerprint density at radius 2 is 1.52 bits per heavy atom. The number of hydrogen-bond acceptors (Lipinski definition) is 5. The summed E-state index contributed by atoms with van der Waals surface area (Å²) in [5.41, 5.74) is 1.27. The van der Waals surface area contributed by atoms with Crippen LogP contribution in [-0.4, -0.2) is 27.1 Å². The summed E-state index contributed by atoms with van der Waals surface area (Å²) in [7, 11) is 4.72. The van der Waals surface area contributed by atoms with Crippen LogP contribution in [0.3, 0.4) is 0 Å². The lowest BCUT2D eigenvalue weighted by atomic mass is 10.1. The summed E-state index contributed by atoms with van der Waals surface area (Å²) in [5, 5.41) is 0. The van der Waals surface area contributed by atoms with Gasteiger partial charge in [0.05, 0.1) is 26.9 Å². The average Bonchev–Trinajstić information content (AvgIpc) is 2.89. The molecule has 0 saturated carbocycles. The van der Waals surface area contributed by atoms with Gasteiger partial charge >= 0.3 is 0 Å². The topological polar surface area (TPSA) is 54.0 Å². The molecule has 3 rings (SSSR count). The number of Topliss-reactive ketones (excluding diaryl/α,β-unsaturated/α-hetero) is 1. The van der Waals surface area contributed by atoms with Crippen molar-refractivity contribution in [2.45, 2.75) is 0 Å². The molecule has 2 aromatic carbocycles. The predicted octanol–water partition coefficient (Wildman–Crippen LogP) is 3.33. The lowest BCUT2D eigenvalue weighted by Crippen LogP contribution is -1.98. The molecule has 1 aliphatic heterocycles. The van der Waals surface area contributed by atoms with E-state index in [-0.39, 0.29) is 11.5 Å². The standard InChI is InChI=1S/C18H16O5/c1-20-12-4-5-15-16(10-12)23-17(18(15)19)8-11-6-13(21-2)9-14(7-11)22-3/h4-10H,1-3H3. The number of benzene rings is 2. The third-order valence-electron chi connectivity index (χ3n) is 3.55. The fourth-order valence-corrected chi connectivity index (χ4v) is 2.36. The highest BCUT2D eigenvalue weighted by Gasteiger charge is 2.27. The maximum absolute atomic E-state index is 12.4. The molecule has 23 heavy (non-hydrogen) atoms. The van der Waals surface area contributed by atoms with E-state index >= 15 is 0 Å². The van der Waals surface area contributed by atoms with Crippen molar-refractivity contribution in [3.05, 3.63) is 53.3 Å².